The zero-order chi connectivity index (χ0) is 19.3. The molecule has 0 saturated carbocycles. The van der Waals surface area contributed by atoms with Gasteiger partial charge in [-0.2, -0.15) is 5.11 Å². The highest BCUT2D eigenvalue weighted by molar-refractivity contribution is 5.94. The Labute approximate surface area is 163 Å². The van der Waals surface area contributed by atoms with Crippen LogP contribution in [0.15, 0.2) is 34.9 Å². The van der Waals surface area contributed by atoms with Crippen LogP contribution in [0.1, 0.15) is 54.0 Å². The lowest BCUT2D eigenvalue weighted by Crippen LogP contribution is -2.30. The van der Waals surface area contributed by atoms with Crippen LogP contribution >= 0.6 is 0 Å². The van der Waals surface area contributed by atoms with Gasteiger partial charge in [0.05, 0.1) is 31.1 Å². The first-order valence-corrected chi connectivity index (χ1v) is 9.92. The number of ether oxygens (including phenoxy) is 1. The van der Waals surface area contributed by atoms with Crippen molar-refractivity contribution in [3.8, 4) is 11.4 Å². The van der Waals surface area contributed by atoms with Crippen molar-refractivity contribution in [2.75, 3.05) is 20.2 Å². The van der Waals surface area contributed by atoms with Gasteiger partial charge in [-0.15, -0.1) is 0 Å². The zero-order valence-electron chi connectivity index (χ0n) is 16.2. The normalized spacial score (nSPS) is 22.6. The lowest BCUT2D eigenvalue weighted by Gasteiger charge is -2.24. The Hall–Kier alpha value is -2.90. The van der Waals surface area contributed by atoms with E-state index in [9.17, 15) is 4.79 Å². The molecule has 2 aromatic rings. The summed E-state index contributed by atoms with van der Waals surface area (Å²) in [6.07, 6.45) is 4.79. The first kappa shape index (κ1) is 17.2. The van der Waals surface area contributed by atoms with Crippen molar-refractivity contribution in [2.24, 2.45) is 10.3 Å². The molecule has 3 aliphatic heterocycles. The van der Waals surface area contributed by atoms with E-state index in [4.69, 9.17) is 4.74 Å². The third-order valence-electron chi connectivity index (χ3n) is 6.01. The van der Waals surface area contributed by atoms with Gasteiger partial charge in [0.1, 0.15) is 18.1 Å². The molecular weight excluding hydrogens is 356 g/mol. The number of imidazole rings is 1. The molecule has 3 aliphatic rings. The minimum atomic E-state index is 0.0166. The number of rotatable bonds is 3. The van der Waals surface area contributed by atoms with E-state index in [1.165, 1.54) is 0 Å². The number of methoxy groups -OCH3 is 1. The molecule has 0 N–H and O–H groups in total. The summed E-state index contributed by atoms with van der Waals surface area (Å²) in [6, 6.07) is 6.16. The fraction of sp³-hybridized carbons (Fsp3) is 0.500. The van der Waals surface area contributed by atoms with E-state index in [0.29, 0.717) is 12.2 Å². The maximum atomic E-state index is 13.1. The van der Waals surface area contributed by atoms with Gasteiger partial charge >= 0.3 is 0 Å². The van der Waals surface area contributed by atoms with Crippen molar-refractivity contribution >= 4 is 5.91 Å². The van der Waals surface area contributed by atoms with Crippen molar-refractivity contribution in [3.63, 3.8) is 0 Å². The Morgan fingerprint density at radius 1 is 1.29 bits per heavy atom. The summed E-state index contributed by atoms with van der Waals surface area (Å²) < 4.78 is 7.51. The van der Waals surface area contributed by atoms with E-state index >= 15 is 0 Å². The summed E-state index contributed by atoms with van der Waals surface area (Å²) in [5.74, 6) is 0.820. The molecule has 0 aliphatic carbocycles. The van der Waals surface area contributed by atoms with Crippen LogP contribution in [-0.2, 0) is 6.54 Å². The van der Waals surface area contributed by atoms with E-state index in [1.54, 1.807) is 13.4 Å². The van der Waals surface area contributed by atoms with E-state index < -0.39 is 0 Å². The summed E-state index contributed by atoms with van der Waals surface area (Å²) in [4.78, 5) is 19.5. The highest BCUT2D eigenvalue weighted by atomic mass is 16.5. The van der Waals surface area contributed by atoms with Crippen LogP contribution < -0.4 is 4.74 Å². The molecule has 8 nitrogen and oxygen atoms in total. The first-order chi connectivity index (χ1) is 13.7. The van der Waals surface area contributed by atoms with Gasteiger partial charge in [0.15, 0.2) is 5.69 Å². The number of fused-ring (bicyclic) bond motifs is 5. The number of carbonyl (C=O) groups is 1. The summed E-state index contributed by atoms with van der Waals surface area (Å²) in [7, 11) is 1.67. The Kier molecular flexibility index (Phi) is 4.07. The van der Waals surface area contributed by atoms with Crippen LogP contribution in [0.2, 0.25) is 0 Å². The van der Waals surface area contributed by atoms with Crippen molar-refractivity contribution in [1.29, 1.82) is 0 Å². The smallest absolute Gasteiger partial charge is 0.274 e. The minimum Gasteiger partial charge on any atom is -0.497 e. The highest BCUT2D eigenvalue weighted by Gasteiger charge is 2.39. The summed E-state index contributed by atoms with van der Waals surface area (Å²) in [5.41, 5.74) is 3.52. The SMILES string of the molecule is CCC1N=NN2Cc3c(C(=O)N4CCCC4)ncn3-c3ccc(OC)cc3C12. The van der Waals surface area contributed by atoms with Crippen molar-refractivity contribution in [3.05, 3.63) is 41.5 Å². The molecule has 146 valence electrons. The van der Waals surface area contributed by atoms with E-state index in [0.717, 1.165) is 55.0 Å². The van der Waals surface area contributed by atoms with Crippen molar-refractivity contribution in [2.45, 2.75) is 44.8 Å². The molecule has 0 radical (unpaired) electrons. The summed E-state index contributed by atoms with van der Waals surface area (Å²) >= 11 is 0. The van der Waals surface area contributed by atoms with Crippen molar-refractivity contribution in [1.82, 2.24) is 19.5 Å². The molecular formula is C20H24N6O2. The Morgan fingerprint density at radius 3 is 2.86 bits per heavy atom. The largest absolute Gasteiger partial charge is 0.497 e. The van der Waals surface area contributed by atoms with Crippen LogP contribution in [0.5, 0.6) is 5.75 Å². The van der Waals surface area contributed by atoms with Gasteiger partial charge in [-0.25, -0.2) is 4.98 Å². The number of amides is 1. The van der Waals surface area contributed by atoms with Crippen LogP contribution in [0.4, 0.5) is 0 Å². The van der Waals surface area contributed by atoms with Gasteiger partial charge in [0.25, 0.3) is 5.91 Å². The van der Waals surface area contributed by atoms with Gasteiger partial charge in [-0.05, 0) is 37.5 Å². The monoisotopic (exact) mass is 380 g/mol. The van der Waals surface area contributed by atoms with Crippen LogP contribution in [-0.4, -0.2) is 51.6 Å². The summed E-state index contributed by atoms with van der Waals surface area (Å²) in [5, 5.41) is 10.9. The van der Waals surface area contributed by atoms with Gasteiger partial charge in [0.2, 0.25) is 0 Å². The molecule has 0 spiro atoms. The molecule has 1 amide bonds. The van der Waals surface area contributed by atoms with E-state index in [2.05, 4.69) is 28.3 Å². The third kappa shape index (κ3) is 2.51. The molecule has 5 rings (SSSR count). The molecule has 1 fully saturated rings. The van der Waals surface area contributed by atoms with Crippen LogP contribution in [0.25, 0.3) is 5.69 Å². The average Bonchev–Trinajstić information content (AvgIpc) is 3.46. The molecule has 4 heterocycles. The number of nitrogens with zero attached hydrogens (tertiary/aromatic N) is 6. The molecule has 2 atom stereocenters. The number of benzene rings is 1. The third-order valence-corrected chi connectivity index (χ3v) is 6.01. The quantitative estimate of drug-likeness (QED) is 0.820. The zero-order valence-corrected chi connectivity index (χ0v) is 16.2. The molecule has 0 bridgehead atoms. The second-order valence-electron chi connectivity index (χ2n) is 7.56. The standard InChI is InChI=1S/C20H24N6O2/c1-3-15-19-14-10-13(28-2)6-7-16(14)25-12-21-18(17(25)11-26(19)23-22-15)20(27)24-8-4-5-9-24/h6-7,10,12,15,19H,3-5,8-9,11H2,1-2H3. The molecule has 1 aromatic heterocycles. The molecule has 1 aromatic carbocycles. The second-order valence-corrected chi connectivity index (χ2v) is 7.56. The summed E-state index contributed by atoms with van der Waals surface area (Å²) in [6.45, 7) is 4.25. The number of aromatic nitrogens is 2. The van der Waals surface area contributed by atoms with Crippen molar-refractivity contribution < 1.29 is 9.53 Å². The van der Waals surface area contributed by atoms with Gasteiger partial charge in [-0.3, -0.25) is 9.80 Å². The molecule has 1 saturated heterocycles. The van der Waals surface area contributed by atoms with Crippen LogP contribution in [0.3, 0.4) is 0 Å². The molecule has 2 unspecified atom stereocenters. The average molecular weight is 380 g/mol. The van der Waals surface area contributed by atoms with Gasteiger partial charge in [0, 0.05) is 18.7 Å². The van der Waals surface area contributed by atoms with Gasteiger partial charge < -0.3 is 14.2 Å². The topological polar surface area (TPSA) is 75.3 Å². The van der Waals surface area contributed by atoms with E-state index in [-0.39, 0.29) is 18.0 Å². The Morgan fingerprint density at radius 2 is 2.11 bits per heavy atom. The second kappa shape index (κ2) is 6.61. The number of carbonyl (C=O) groups excluding carboxylic acids is 1. The molecule has 8 heteroatoms. The van der Waals surface area contributed by atoms with Gasteiger partial charge in [-0.1, -0.05) is 12.1 Å². The van der Waals surface area contributed by atoms with Crippen LogP contribution in [0, 0.1) is 0 Å². The predicted molar refractivity (Wildman–Crippen MR) is 102 cm³/mol. The van der Waals surface area contributed by atoms with E-state index in [1.807, 2.05) is 26.6 Å². The molecule has 28 heavy (non-hydrogen) atoms. The maximum Gasteiger partial charge on any atom is 0.274 e. The lowest BCUT2D eigenvalue weighted by atomic mass is 9.96. The fourth-order valence-corrected chi connectivity index (χ4v) is 4.50. The highest BCUT2D eigenvalue weighted by Crippen LogP contribution is 2.42. The maximum absolute atomic E-state index is 13.1. The Bertz CT molecular complexity index is 946. The minimum absolute atomic E-state index is 0.0166. The fourth-order valence-electron chi connectivity index (χ4n) is 4.50. The Balaban J connectivity index is 1.64. The lowest BCUT2D eigenvalue weighted by molar-refractivity contribution is 0.0784. The number of hydrogen-bond acceptors (Lipinski definition) is 6. The number of likely N-dealkylation sites (tertiary alicyclic amines) is 1. The number of hydrogen-bond donors (Lipinski definition) is 0. The predicted octanol–water partition coefficient (Wildman–Crippen LogP) is 3.13. The first-order valence-electron chi connectivity index (χ1n) is 9.92.